The van der Waals surface area contributed by atoms with Crippen molar-refractivity contribution in [3.8, 4) is 11.5 Å². The van der Waals surface area contributed by atoms with Gasteiger partial charge in [0.1, 0.15) is 23.9 Å². The van der Waals surface area contributed by atoms with Crippen LogP contribution >= 0.6 is 11.6 Å². The second-order valence-corrected chi connectivity index (χ2v) is 6.10. The van der Waals surface area contributed by atoms with Crippen LogP contribution in [0.15, 0.2) is 59.0 Å². The van der Waals surface area contributed by atoms with Gasteiger partial charge in [0.05, 0.1) is 12.8 Å². The SMILES string of the molecule is COc1ccc(C)cc1NC(=O)c1ccc(COc2ccc(Cl)cc2)o1. The molecule has 0 bridgehead atoms. The van der Waals surface area contributed by atoms with Gasteiger partial charge in [-0.3, -0.25) is 4.79 Å². The minimum Gasteiger partial charge on any atom is -0.495 e. The zero-order valence-corrected chi connectivity index (χ0v) is 15.2. The second kappa shape index (κ2) is 7.97. The number of ether oxygens (including phenoxy) is 2. The summed E-state index contributed by atoms with van der Waals surface area (Å²) in [5.74, 6) is 1.64. The Bertz CT molecular complexity index is 902. The van der Waals surface area contributed by atoms with Crippen LogP contribution in [0.2, 0.25) is 5.02 Å². The molecule has 0 unspecified atom stereocenters. The van der Waals surface area contributed by atoms with E-state index in [1.807, 2.05) is 19.1 Å². The number of amides is 1. The van der Waals surface area contributed by atoms with E-state index in [9.17, 15) is 4.79 Å². The number of anilines is 1. The summed E-state index contributed by atoms with van der Waals surface area (Å²) in [6.07, 6.45) is 0. The van der Waals surface area contributed by atoms with Gasteiger partial charge in [-0.05, 0) is 61.0 Å². The number of aryl methyl sites for hydroxylation is 1. The van der Waals surface area contributed by atoms with Gasteiger partial charge in [0.15, 0.2) is 5.76 Å². The predicted octanol–water partition coefficient (Wildman–Crippen LogP) is 5.08. The lowest BCUT2D eigenvalue weighted by Gasteiger charge is -2.10. The normalized spacial score (nSPS) is 10.4. The van der Waals surface area contributed by atoms with Gasteiger partial charge >= 0.3 is 0 Å². The highest BCUT2D eigenvalue weighted by Crippen LogP contribution is 2.26. The van der Waals surface area contributed by atoms with Crippen molar-refractivity contribution in [3.63, 3.8) is 0 Å². The topological polar surface area (TPSA) is 60.7 Å². The zero-order valence-electron chi connectivity index (χ0n) is 14.4. The molecule has 3 aromatic rings. The Morgan fingerprint density at radius 3 is 2.62 bits per heavy atom. The molecule has 1 amide bonds. The highest BCUT2D eigenvalue weighted by atomic mass is 35.5. The van der Waals surface area contributed by atoms with Crippen molar-refractivity contribution in [1.29, 1.82) is 0 Å². The smallest absolute Gasteiger partial charge is 0.291 e. The maximum Gasteiger partial charge on any atom is 0.291 e. The van der Waals surface area contributed by atoms with E-state index in [2.05, 4.69) is 5.32 Å². The Morgan fingerprint density at radius 2 is 1.88 bits per heavy atom. The van der Waals surface area contributed by atoms with Gasteiger partial charge in [0, 0.05) is 5.02 Å². The number of hydrogen-bond acceptors (Lipinski definition) is 4. The second-order valence-electron chi connectivity index (χ2n) is 5.67. The van der Waals surface area contributed by atoms with Gasteiger partial charge in [0.25, 0.3) is 5.91 Å². The number of furan rings is 1. The van der Waals surface area contributed by atoms with Crippen LogP contribution in [-0.4, -0.2) is 13.0 Å². The summed E-state index contributed by atoms with van der Waals surface area (Å²) in [5, 5.41) is 3.44. The molecule has 0 spiro atoms. The molecule has 26 heavy (non-hydrogen) atoms. The fourth-order valence-electron chi connectivity index (χ4n) is 2.37. The lowest BCUT2D eigenvalue weighted by molar-refractivity contribution is 0.0992. The first-order valence-corrected chi connectivity index (χ1v) is 8.36. The first-order chi connectivity index (χ1) is 12.5. The van der Waals surface area contributed by atoms with Crippen LogP contribution in [-0.2, 0) is 6.61 Å². The fourth-order valence-corrected chi connectivity index (χ4v) is 2.49. The molecule has 1 heterocycles. The van der Waals surface area contributed by atoms with E-state index in [0.717, 1.165) is 5.56 Å². The van der Waals surface area contributed by atoms with Gasteiger partial charge in [-0.2, -0.15) is 0 Å². The molecule has 3 rings (SSSR count). The number of rotatable bonds is 6. The van der Waals surface area contributed by atoms with Crippen molar-refractivity contribution in [1.82, 2.24) is 0 Å². The molecular weight excluding hydrogens is 354 g/mol. The van der Waals surface area contributed by atoms with E-state index in [1.165, 1.54) is 0 Å². The molecule has 0 aliphatic heterocycles. The van der Waals surface area contributed by atoms with Crippen LogP contribution in [0.3, 0.4) is 0 Å². The van der Waals surface area contributed by atoms with Gasteiger partial charge in [-0.1, -0.05) is 17.7 Å². The third-order valence-electron chi connectivity index (χ3n) is 3.68. The lowest BCUT2D eigenvalue weighted by Crippen LogP contribution is -2.12. The molecule has 134 valence electrons. The van der Waals surface area contributed by atoms with Crippen LogP contribution < -0.4 is 14.8 Å². The summed E-state index contributed by atoms with van der Waals surface area (Å²) in [4.78, 5) is 12.4. The van der Waals surface area contributed by atoms with E-state index in [4.69, 9.17) is 25.5 Å². The number of hydrogen-bond donors (Lipinski definition) is 1. The Morgan fingerprint density at radius 1 is 1.12 bits per heavy atom. The van der Waals surface area contributed by atoms with Crippen molar-refractivity contribution in [2.24, 2.45) is 0 Å². The maximum absolute atomic E-state index is 12.4. The summed E-state index contributed by atoms with van der Waals surface area (Å²) in [7, 11) is 1.55. The molecule has 2 aromatic carbocycles. The van der Waals surface area contributed by atoms with Crippen LogP contribution in [0.1, 0.15) is 21.9 Å². The monoisotopic (exact) mass is 371 g/mol. The number of carbonyl (C=O) groups excluding carboxylic acids is 1. The molecule has 6 heteroatoms. The standard InChI is InChI=1S/C20H18ClNO4/c1-13-3-9-18(24-2)17(11-13)22-20(23)19-10-8-16(26-19)12-25-15-6-4-14(21)5-7-15/h3-11H,12H2,1-2H3,(H,22,23). The number of benzene rings is 2. The Labute approximate surface area is 156 Å². The Kier molecular flexibility index (Phi) is 5.49. The van der Waals surface area contributed by atoms with Crippen molar-refractivity contribution < 1.29 is 18.7 Å². The number of nitrogens with one attached hydrogen (secondary N) is 1. The van der Waals surface area contributed by atoms with E-state index in [1.54, 1.807) is 49.6 Å². The fraction of sp³-hybridized carbons (Fsp3) is 0.150. The first kappa shape index (κ1) is 17.9. The summed E-state index contributed by atoms with van der Waals surface area (Å²) in [6.45, 7) is 2.15. The minimum atomic E-state index is -0.355. The summed E-state index contributed by atoms with van der Waals surface area (Å²) in [6, 6.07) is 15.9. The molecular formula is C20H18ClNO4. The molecule has 5 nitrogen and oxygen atoms in total. The quantitative estimate of drug-likeness (QED) is 0.656. The highest BCUT2D eigenvalue weighted by Gasteiger charge is 2.14. The van der Waals surface area contributed by atoms with Crippen molar-refractivity contribution >= 4 is 23.2 Å². The van der Waals surface area contributed by atoms with Gasteiger partial charge in [-0.25, -0.2) is 0 Å². The van der Waals surface area contributed by atoms with Crippen molar-refractivity contribution in [2.45, 2.75) is 13.5 Å². The highest BCUT2D eigenvalue weighted by molar-refractivity contribution is 6.30. The minimum absolute atomic E-state index is 0.197. The van der Waals surface area contributed by atoms with E-state index < -0.39 is 0 Å². The Hall–Kier alpha value is -2.92. The van der Waals surface area contributed by atoms with Crippen LogP contribution in [0.4, 0.5) is 5.69 Å². The van der Waals surface area contributed by atoms with Gasteiger partial charge < -0.3 is 19.2 Å². The average Bonchev–Trinajstić information content (AvgIpc) is 3.11. The molecule has 0 saturated heterocycles. The summed E-state index contributed by atoms with van der Waals surface area (Å²) < 4.78 is 16.4. The third kappa shape index (κ3) is 4.37. The van der Waals surface area contributed by atoms with Crippen molar-refractivity contribution in [3.05, 3.63) is 76.7 Å². The lowest BCUT2D eigenvalue weighted by atomic mass is 10.2. The summed E-state index contributed by atoms with van der Waals surface area (Å²) in [5.41, 5.74) is 1.60. The first-order valence-electron chi connectivity index (χ1n) is 7.98. The van der Waals surface area contributed by atoms with Crippen molar-refractivity contribution in [2.75, 3.05) is 12.4 Å². The molecule has 0 atom stereocenters. The molecule has 0 fully saturated rings. The molecule has 0 radical (unpaired) electrons. The van der Waals surface area contributed by atoms with E-state index in [0.29, 0.717) is 28.0 Å². The molecule has 0 aliphatic carbocycles. The van der Waals surface area contributed by atoms with Gasteiger partial charge in [0.2, 0.25) is 0 Å². The maximum atomic E-state index is 12.4. The zero-order chi connectivity index (χ0) is 18.5. The molecule has 0 saturated carbocycles. The van der Waals surface area contributed by atoms with E-state index >= 15 is 0 Å². The Balaban J connectivity index is 1.64. The van der Waals surface area contributed by atoms with Crippen LogP contribution in [0, 0.1) is 6.92 Å². The number of halogens is 1. The number of methoxy groups -OCH3 is 1. The van der Waals surface area contributed by atoms with E-state index in [-0.39, 0.29) is 18.3 Å². The summed E-state index contributed by atoms with van der Waals surface area (Å²) >= 11 is 5.84. The van der Waals surface area contributed by atoms with Gasteiger partial charge in [-0.15, -0.1) is 0 Å². The van der Waals surface area contributed by atoms with Crippen LogP contribution in [0.25, 0.3) is 0 Å². The molecule has 1 aromatic heterocycles. The third-order valence-corrected chi connectivity index (χ3v) is 3.94. The van der Waals surface area contributed by atoms with Crippen LogP contribution in [0.5, 0.6) is 11.5 Å². The molecule has 0 aliphatic rings. The number of carbonyl (C=O) groups is 1. The average molecular weight is 372 g/mol. The predicted molar refractivity (Wildman–Crippen MR) is 100 cm³/mol. The molecule has 1 N–H and O–H groups in total. The largest absolute Gasteiger partial charge is 0.495 e.